The van der Waals surface area contributed by atoms with Crippen LogP contribution in [0.25, 0.3) is 0 Å². The lowest BCUT2D eigenvalue weighted by atomic mass is 9.82. The van der Waals surface area contributed by atoms with Crippen molar-refractivity contribution in [3.8, 4) is 0 Å². The minimum Gasteiger partial charge on any atom is -0.458 e. The monoisotopic (exact) mass is 348 g/mol. The fourth-order valence-electron chi connectivity index (χ4n) is 3.50. The molecule has 0 radical (unpaired) electrons. The third-order valence-corrected chi connectivity index (χ3v) is 5.00. The molecule has 138 valence electrons. The maximum atomic E-state index is 12.3. The zero-order valence-corrected chi connectivity index (χ0v) is 15.6. The summed E-state index contributed by atoms with van der Waals surface area (Å²) >= 11 is 0. The molecule has 2 rings (SSSR count). The number of aliphatic hydroxyl groups is 1. The topological polar surface area (TPSA) is 72.8 Å². The third kappa shape index (κ3) is 4.60. The van der Waals surface area contributed by atoms with Crippen molar-refractivity contribution in [2.75, 3.05) is 0 Å². The molecule has 0 aromatic carbocycles. The van der Waals surface area contributed by atoms with Crippen molar-refractivity contribution < 1.29 is 24.2 Å². The number of hydrogen-bond donors (Lipinski definition) is 1. The molecule has 5 atom stereocenters. The zero-order valence-electron chi connectivity index (χ0n) is 15.6. The molecule has 1 aliphatic carbocycles. The lowest BCUT2D eigenvalue weighted by molar-refractivity contribution is -0.148. The zero-order chi connectivity index (χ0) is 18.7. The summed E-state index contributed by atoms with van der Waals surface area (Å²) in [4.78, 5) is 24.4. The summed E-state index contributed by atoms with van der Waals surface area (Å²) < 4.78 is 11.3. The molecule has 2 aliphatic rings. The highest BCUT2D eigenvalue weighted by molar-refractivity contribution is 5.87. The standard InChI is InChI=1S/C20H28O5/c1-6-13(4)19(22)24-16-9-11(2)7-15(21)8-12(3)10-17-18(16)14(5)20(23)25-17/h6-7,10,14-18,21H,8-9H2,1-5H3. The highest BCUT2D eigenvalue weighted by Crippen LogP contribution is 2.37. The average molecular weight is 348 g/mol. The Morgan fingerprint density at radius 3 is 2.56 bits per heavy atom. The van der Waals surface area contributed by atoms with Crippen LogP contribution in [0.2, 0.25) is 0 Å². The number of allylic oxidation sites excluding steroid dienone is 1. The molecule has 5 heteroatoms. The summed E-state index contributed by atoms with van der Waals surface area (Å²) in [5.74, 6) is -1.25. The van der Waals surface area contributed by atoms with Gasteiger partial charge < -0.3 is 14.6 Å². The van der Waals surface area contributed by atoms with Gasteiger partial charge in [0.15, 0.2) is 0 Å². The number of ether oxygens (including phenoxy) is 2. The van der Waals surface area contributed by atoms with Gasteiger partial charge in [0.1, 0.15) is 12.2 Å². The summed E-state index contributed by atoms with van der Waals surface area (Å²) in [6.07, 6.45) is 4.82. The van der Waals surface area contributed by atoms with Crippen molar-refractivity contribution in [3.05, 3.63) is 34.9 Å². The van der Waals surface area contributed by atoms with Crippen LogP contribution in [0, 0.1) is 11.8 Å². The summed E-state index contributed by atoms with van der Waals surface area (Å²) in [6, 6.07) is 0. The second-order valence-electron chi connectivity index (χ2n) is 7.18. The predicted octanol–water partition coefficient (Wildman–Crippen LogP) is 3.09. The second-order valence-corrected chi connectivity index (χ2v) is 7.18. The van der Waals surface area contributed by atoms with E-state index in [-0.39, 0.29) is 23.8 Å². The van der Waals surface area contributed by atoms with Crippen LogP contribution in [-0.4, -0.2) is 35.4 Å². The molecule has 0 bridgehead atoms. The van der Waals surface area contributed by atoms with Gasteiger partial charge in [0.2, 0.25) is 0 Å². The Balaban J connectivity index is 2.40. The van der Waals surface area contributed by atoms with Crippen LogP contribution in [0.15, 0.2) is 34.9 Å². The lowest BCUT2D eigenvalue weighted by Crippen LogP contribution is -2.36. The smallest absolute Gasteiger partial charge is 0.333 e. The summed E-state index contributed by atoms with van der Waals surface area (Å²) in [5.41, 5.74) is 2.41. The Kier molecular flexibility index (Phi) is 6.22. The Hall–Kier alpha value is -1.88. The number of carbonyl (C=O) groups is 2. The van der Waals surface area contributed by atoms with Crippen LogP contribution in [0.1, 0.15) is 47.5 Å². The molecule has 25 heavy (non-hydrogen) atoms. The van der Waals surface area contributed by atoms with Gasteiger partial charge in [-0.25, -0.2) is 4.79 Å². The molecule has 5 unspecified atom stereocenters. The van der Waals surface area contributed by atoms with Crippen molar-refractivity contribution in [2.24, 2.45) is 11.8 Å². The number of aliphatic hydroxyl groups excluding tert-OH is 1. The maximum absolute atomic E-state index is 12.3. The molecule has 1 heterocycles. The van der Waals surface area contributed by atoms with E-state index < -0.39 is 18.3 Å². The first-order chi connectivity index (χ1) is 11.7. The normalized spacial score (nSPS) is 33.8. The summed E-state index contributed by atoms with van der Waals surface area (Å²) in [5, 5.41) is 10.2. The van der Waals surface area contributed by atoms with Crippen LogP contribution >= 0.6 is 0 Å². The first-order valence-electron chi connectivity index (χ1n) is 8.80. The van der Waals surface area contributed by atoms with Crippen molar-refractivity contribution >= 4 is 11.9 Å². The van der Waals surface area contributed by atoms with Gasteiger partial charge in [-0.3, -0.25) is 4.79 Å². The molecule has 5 nitrogen and oxygen atoms in total. The Labute approximate surface area is 149 Å². The van der Waals surface area contributed by atoms with Gasteiger partial charge in [0.05, 0.1) is 17.9 Å². The molecule has 1 N–H and O–H groups in total. The van der Waals surface area contributed by atoms with Gasteiger partial charge in [-0.2, -0.15) is 0 Å². The number of hydrogen-bond acceptors (Lipinski definition) is 5. The minimum absolute atomic E-state index is 0.241. The van der Waals surface area contributed by atoms with Gasteiger partial charge in [-0.05, 0) is 40.2 Å². The van der Waals surface area contributed by atoms with Gasteiger partial charge in [-0.1, -0.05) is 30.2 Å². The Morgan fingerprint density at radius 2 is 1.92 bits per heavy atom. The largest absolute Gasteiger partial charge is 0.458 e. The molecule has 0 spiro atoms. The molecule has 1 aliphatic heterocycles. The van der Waals surface area contributed by atoms with Crippen LogP contribution in [0.4, 0.5) is 0 Å². The lowest BCUT2D eigenvalue weighted by Gasteiger charge is -2.29. The quantitative estimate of drug-likeness (QED) is 0.472. The second kappa shape index (κ2) is 8.00. The van der Waals surface area contributed by atoms with E-state index in [1.54, 1.807) is 26.0 Å². The number of fused-ring (bicyclic) bond motifs is 1. The van der Waals surface area contributed by atoms with E-state index in [1.807, 2.05) is 26.8 Å². The van der Waals surface area contributed by atoms with Crippen LogP contribution in [0.5, 0.6) is 0 Å². The molecule has 1 saturated heterocycles. The summed E-state index contributed by atoms with van der Waals surface area (Å²) in [7, 11) is 0. The van der Waals surface area contributed by atoms with Crippen molar-refractivity contribution in [1.82, 2.24) is 0 Å². The fourth-order valence-corrected chi connectivity index (χ4v) is 3.50. The molecule has 0 aromatic heterocycles. The third-order valence-electron chi connectivity index (χ3n) is 5.00. The van der Waals surface area contributed by atoms with Crippen LogP contribution < -0.4 is 0 Å². The number of rotatable bonds is 2. The van der Waals surface area contributed by atoms with Gasteiger partial charge in [0.25, 0.3) is 0 Å². The SMILES string of the molecule is CC=C(C)C(=O)OC1CC(C)=CC(O)CC(C)=CC2OC(=O)C(C)C21. The van der Waals surface area contributed by atoms with E-state index in [1.165, 1.54) is 0 Å². The first-order valence-corrected chi connectivity index (χ1v) is 8.80. The predicted molar refractivity (Wildman–Crippen MR) is 94.6 cm³/mol. The van der Waals surface area contributed by atoms with E-state index in [0.29, 0.717) is 18.4 Å². The van der Waals surface area contributed by atoms with Crippen molar-refractivity contribution in [2.45, 2.75) is 65.8 Å². The van der Waals surface area contributed by atoms with Crippen molar-refractivity contribution in [3.63, 3.8) is 0 Å². The maximum Gasteiger partial charge on any atom is 0.333 e. The Morgan fingerprint density at radius 1 is 1.28 bits per heavy atom. The number of carbonyl (C=O) groups excluding carboxylic acids is 2. The van der Waals surface area contributed by atoms with E-state index in [9.17, 15) is 14.7 Å². The molecule has 0 amide bonds. The highest BCUT2D eigenvalue weighted by Gasteiger charge is 2.47. The molecule has 0 saturated carbocycles. The number of esters is 2. The van der Waals surface area contributed by atoms with Gasteiger partial charge in [-0.15, -0.1) is 0 Å². The van der Waals surface area contributed by atoms with Gasteiger partial charge in [0, 0.05) is 12.0 Å². The van der Waals surface area contributed by atoms with Crippen LogP contribution in [0.3, 0.4) is 0 Å². The first kappa shape index (κ1) is 19.4. The fraction of sp³-hybridized carbons (Fsp3) is 0.600. The van der Waals surface area contributed by atoms with Crippen molar-refractivity contribution in [1.29, 1.82) is 0 Å². The highest BCUT2D eigenvalue weighted by atomic mass is 16.6. The Bertz CT molecular complexity index is 628. The van der Waals surface area contributed by atoms with E-state index in [4.69, 9.17) is 9.47 Å². The summed E-state index contributed by atoms with van der Waals surface area (Å²) in [6.45, 7) is 9.12. The van der Waals surface area contributed by atoms with E-state index >= 15 is 0 Å². The molecule has 0 aromatic rings. The molecule has 1 fully saturated rings. The molecular weight excluding hydrogens is 320 g/mol. The average Bonchev–Trinajstić information content (AvgIpc) is 2.78. The van der Waals surface area contributed by atoms with Crippen LogP contribution in [-0.2, 0) is 19.1 Å². The minimum atomic E-state index is -0.601. The molecular formula is C20H28O5. The van der Waals surface area contributed by atoms with Gasteiger partial charge >= 0.3 is 11.9 Å². The van der Waals surface area contributed by atoms with E-state index in [2.05, 4.69) is 0 Å². The van der Waals surface area contributed by atoms with E-state index in [0.717, 1.165) is 11.1 Å².